The number of rotatable bonds is 5. The van der Waals surface area contributed by atoms with Crippen molar-refractivity contribution >= 4 is 34.1 Å². The summed E-state index contributed by atoms with van der Waals surface area (Å²) >= 11 is 2.27. The number of hydrogen-bond donors (Lipinski definition) is 3. The third-order valence-electron chi connectivity index (χ3n) is 2.93. The molecule has 0 aliphatic heterocycles. The predicted molar refractivity (Wildman–Crippen MR) is 90.0 cm³/mol. The smallest absolute Gasteiger partial charge is 0.141 e. The summed E-state index contributed by atoms with van der Waals surface area (Å²) in [6.45, 7) is 0. The largest absolute Gasteiger partial charge is 0.409 e. The van der Waals surface area contributed by atoms with E-state index in [1.54, 1.807) is 0 Å². The molecule has 0 fully saturated rings. The van der Waals surface area contributed by atoms with E-state index >= 15 is 0 Å². The van der Waals surface area contributed by atoms with Crippen LogP contribution in [0.25, 0.3) is 0 Å². The molecule has 0 saturated heterocycles. The summed E-state index contributed by atoms with van der Waals surface area (Å²) in [5, 5.41) is 15.2. The molecule has 104 valence electrons. The molecule has 1 atom stereocenters. The van der Waals surface area contributed by atoms with E-state index in [1.165, 1.54) is 3.57 Å². The molecule has 0 aliphatic carbocycles. The van der Waals surface area contributed by atoms with Gasteiger partial charge in [-0.1, -0.05) is 35.5 Å². The Labute approximate surface area is 131 Å². The Balaban J connectivity index is 2.20. The number of benzene rings is 2. The van der Waals surface area contributed by atoms with Crippen LogP contribution >= 0.6 is 22.6 Å². The number of oxime groups is 1. The molecule has 0 heterocycles. The maximum atomic E-state index is 8.77. The monoisotopic (exact) mass is 381 g/mol. The van der Waals surface area contributed by atoms with Gasteiger partial charge in [-0.15, -0.1) is 0 Å². The van der Waals surface area contributed by atoms with Crippen LogP contribution in [0, 0.1) is 3.57 Å². The van der Waals surface area contributed by atoms with Crippen molar-refractivity contribution in [2.75, 3.05) is 5.32 Å². The highest BCUT2D eigenvalue weighted by atomic mass is 127. The molecule has 5 heteroatoms. The van der Waals surface area contributed by atoms with Crippen molar-refractivity contribution in [2.24, 2.45) is 10.9 Å². The van der Waals surface area contributed by atoms with Gasteiger partial charge in [0.2, 0.25) is 0 Å². The quantitative estimate of drug-likeness (QED) is 0.244. The molecule has 4 nitrogen and oxygen atoms in total. The zero-order chi connectivity index (χ0) is 14.4. The van der Waals surface area contributed by atoms with E-state index in [0.29, 0.717) is 6.42 Å². The number of halogens is 1. The normalized spacial score (nSPS) is 12.9. The molecular formula is C15H16IN3O. The molecule has 0 aromatic heterocycles. The standard InChI is InChI=1S/C15H16IN3O/c16-12-6-8-13(9-7-12)18-14(10-15(17)19-20)11-4-2-1-3-5-11/h1-9,14,18,20H,10H2,(H2,17,19). The minimum atomic E-state index is -0.0350. The summed E-state index contributed by atoms with van der Waals surface area (Å²) in [6, 6.07) is 18.0. The summed E-state index contributed by atoms with van der Waals surface area (Å²) in [5.74, 6) is 0.205. The number of anilines is 1. The van der Waals surface area contributed by atoms with E-state index in [4.69, 9.17) is 10.9 Å². The van der Waals surface area contributed by atoms with Crippen LogP contribution in [0.2, 0.25) is 0 Å². The van der Waals surface area contributed by atoms with Gasteiger partial charge in [0, 0.05) is 15.7 Å². The van der Waals surface area contributed by atoms with Crippen molar-refractivity contribution in [3.8, 4) is 0 Å². The van der Waals surface area contributed by atoms with Gasteiger partial charge in [-0.05, 0) is 52.4 Å². The van der Waals surface area contributed by atoms with Gasteiger partial charge in [0.05, 0.1) is 6.04 Å². The van der Waals surface area contributed by atoms with E-state index < -0.39 is 0 Å². The fraction of sp³-hybridized carbons (Fsp3) is 0.133. The maximum absolute atomic E-state index is 8.77. The fourth-order valence-electron chi connectivity index (χ4n) is 1.93. The van der Waals surface area contributed by atoms with E-state index in [9.17, 15) is 0 Å². The van der Waals surface area contributed by atoms with Crippen LogP contribution in [-0.2, 0) is 0 Å². The minimum Gasteiger partial charge on any atom is -0.409 e. The number of nitrogens with one attached hydrogen (secondary N) is 1. The summed E-state index contributed by atoms with van der Waals surface area (Å²) in [7, 11) is 0. The fourth-order valence-corrected chi connectivity index (χ4v) is 2.29. The van der Waals surface area contributed by atoms with Gasteiger partial charge in [-0.25, -0.2) is 0 Å². The lowest BCUT2D eigenvalue weighted by atomic mass is 10.0. The Morgan fingerprint density at radius 3 is 2.40 bits per heavy atom. The van der Waals surface area contributed by atoms with Crippen molar-refractivity contribution in [1.29, 1.82) is 0 Å². The van der Waals surface area contributed by atoms with Crippen molar-refractivity contribution in [3.63, 3.8) is 0 Å². The zero-order valence-electron chi connectivity index (χ0n) is 10.8. The van der Waals surface area contributed by atoms with Gasteiger partial charge in [-0.3, -0.25) is 0 Å². The first kappa shape index (κ1) is 14.6. The van der Waals surface area contributed by atoms with Crippen molar-refractivity contribution in [3.05, 3.63) is 63.7 Å². The van der Waals surface area contributed by atoms with E-state index in [1.807, 2.05) is 54.6 Å². The Hall–Kier alpha value is -1.76. The number of nitrogens with two attached hydrogens (primary N) is 1. The van der Waals surface area contributed by atoms with Crippen LogP contribution < -0.4 is 11.1 Å². The van der Waals surface area contributed by atoms with Gasteiger partial charge in [0.25, 0.3) is 0 Å². The molecule has 0 radical (unpaired) electrons. The first-order chi connectivity index (χ1) is 9.69. The van der Waals surface area contributed by atoms with Crippen LogP contribution in [0.15, 0.2) is 59.8 Å². The molecule has 0 bridgehead atoms. The van der Waals surface area contributed by atoms with Crippen LogP contribution in [0.3, 0.4) is 0 Å². The number of hydrogen-bond acceptors (Lipinski definition) is 3. The van der Waals surface area contributed by atoms with E-state index in [2.05, 4.69) is 33.1 Å². The molecule has 20 heavy (non-hydrogen) atoms. The van der Waals surface area contributed by atoms with Crippen LogP contribution in [0.4, 0.5) is 5.69 Å². The van der Waals surface area contributed by atoms with Gasteiger partial charge in [0.1, 0.15) is 5.84 Å². The highest BCUT2D eigenvalue weighted by Gasteiger charge is 2.13. The molecule has 2 rings (SSSR count). The second-order valence-electron chi connectivity index (χ2n) is 4.41. The average Bonchev–Trinajstić information content (AvgIpc) is 2.49. The number of amidine groups is 1. The second-order valence-corrected chi connectivity index (χ2v) is 5.66. The molecule has 0 saturated carbocycles. The lowest BCUT2D eigenvalue weighted by Crippen LogP contribution is -2.21. The van der Waals surface area contributed by atoms with Gasteiger partial charge in [-0.2, -0.15) is 0 Å². The highest BCUT2D eigenvalue weighted by molar-refractivity contribution is 14.1. The molecule has 2 aromatic rings. The van der Waals surface area contributed by atoms with Crippen LogP contribution in [0.1, 0.15) is 18.0 Å². The van der Waals surface area contributed by atoms with Crippen molar-refractivity contribution in [2.45, 2.75) is 12.5 Å². The summed E-state index contributed by atoms with van der Waals surface area (Å²) in [4.78, 5) is 0. The molecule has 4 N–H and O–H groups in total. The second kappa shape index (κ2) is 7.14. The Bertz CT molecular complexity index is 569. The highest BCUT2D eigenvalue weighted by Crippen LogP contribution is 2.23. The topological polar surface area (TPSA) is 70.6 Å². The number of nitrogens with zero attached hydrogens (tertiary/aromatic N) is 1. The molecular weight excluding hydrogens is 365 g/mol. The lowest BCUT2D eigenvalue weighted by Gasteiger charge is -2.20. The van der Waals surface area contributed by atoms with Crippen molar-refractivity contribution in [1.82, 2.24) is 0 Å². The SMILES string of the molecule is NC(CC(Nc1ccc(I)cc1)c1ccccc1)=NO. The summed E-state index contributed by atoms with van der Waals surface area (Å²) in [6.07, 6.45) is 0.437. The molecule has 0 spiro atoms. The Kier molecular flexibility index (Phi) is 5.23. The summed E-state index contributed by atoms with van der Waals surface area (Å²) < 4.78 is 1.18. The molecule has 1 unspecified atom stereocenters. The Morgan fingerprint density at radius 2 is 1.80 bits per heavy atom. The maximum Gasteiger partial charge on any atom is 0.141 e. The first-order valence-electron chi connectivity index (χ1n) is 6.22. The van der Waals surface area contributed by atoms with Crippen LogP contribution in [-0.4, -0.2) is 11.0 Å². The zero-order valence-corrected chi connectivity index (χ0v) is 13.0. The lowest BCUT2D eigenvalue weighted by molar-refractivity contribution is 0.316. The molecule has 0 aliphatic rings. The van der Waals surface area contributed by atoms with Gasteiger partial charge < -0.3 is 16.3 Å². The molecule has 0 amide bonds. The van der Waals surface area contributed by atoms with Gasteiger partial charge >= 0.3 is 0 Å². The molecule has 2 aromatic carbocycles. The van der Waals surface area contributed by atoms with E-state index in [0.717, 1.165) is 11.3 Å². The third kappa shape index (κ3) is 4.12. The predicted octanol–water partition coefficient (Wildman–Crippen LogP) is 3.58. The van der Waals surface area contributed by atoms with Crippen LogP contribution in [0.5, 0.6) is 0 Å². The average molecular weight is 381 g/mol. The van der Waals surface area contributed by atoms with Crippen molar-refractivity contribution < 1.29 is 5.21 Å². The summed E-state index contributed by atoms with van der Waals surface area (Å²) in [5.41, 5.74) is 7.75. The first-order valence-corrected chi connectivity index (χ1v) is 7.30. The van der Waals surface area contributed by atoms with Gasteiger partial charge in [0.15, 0.2) is 0 Å². The van der Waals surface area contributed by atoms with E-state index in [-0.39, 0.29) is 11.9 Å². The third-order valence-corrected chi connectivity index (χ3v) is 3.65. The Morgan fingerprint density at radius 1 is 1.15 bits per heavy atom. The minimum absolute atomic E-state index is 0.0350.